The minimum Gasteiger partial charge on any atom is -0.444 e. The highest BCUT2D eigenvalue weighted by atomic mass is 19.4. The molecule has 0 spiro atoms. The van der Waals surface area contributed by atoms with Gasteiger partial charge in [-0.2, -0.15) is 13.2 Å². The van der Waals surface area contributed by atoms with Gasteiger partial charge in [-0.25, -0.2) is 4.79 Å². The number of halogens is 3. The van der Waals surface area contributed by atoms with E-state index in [4.69, 9.17) is 4.74 Å². The number of piperidine rings is 1. The molecule has 1 heterocycles. The van der Waals surface area contributed by atoms with E-state index in [1.165, 1.54) is 11.8 Å². The van der Waals surface area contributed by atoms with Gasteiger partial charge >= 0.3 is 12.3 Å². The number of nitrogens with one attached hydrogen (secondary N) is 1. The van der Waals surface area contributed by atoms with E-state index in [9.17, 15) is 27.9 Å². The Morgan fingerprint density at radius 3 is 2.36 bits per heavy atom. The van der Waals surface area contributed by atoms with Crippen molar-refractivity contribution in [3.8, 4) is 0 Å². The number of ether oxygens (including phenoxy) is 1. The van der Waals surface area contributed by atoms with Crippen molar-refractivity contribution in [2.45, 2.75) is 83.8 Å². The fourth-order valence-corrected chi connectivity index (χ4v) is 4.71. The van der Waals surface area contributed by atoms with Gasteiger partial charge in [-0.15, -0.1) is 0 Å². The molecule has 5 unspecified atom stereocenters. The van der Waals surface area contributed by atoms with Crippen molar-refractivity contribution in [1.82, 2.24) is 10.2 Å². The van der Waals surface area contributed by atoms with E-state index in [2.05, 4.69) is 5.32 Å². The molecular formula is C19H31F3N2O4. The van der Waals surface area contributed by atoms with E-state index >= 15 is 0 Å². The van der Waals surface area contributed by atoms with Crippen molar-refractivity contribution in [3.63, 3.8) is 0 Å². The number of rotatable bonds is 3. The van der Waals surface area contributed by atoms with Gasteiger partial charge in [0.05, 0.1) is 12.1 Å². The molecule has 0 radical (unpaired) electrons. The van der Waals surface area contributed by atoms with Gasteiger partial charge in [0.25, 0.3) is 0 Å². The summed E-state index contributed by atoms with van der Waals surface area (Å²) >= 11 is 0. The minimum atomic E-state index is -4.60. The lowest BCUT2D eigenvalue weighted by Gasteiger charge is -2.53. The van der Waals surface area contributed by atoms with Gasteiger partial charge in [0.1, 0.15) is 12.0 Å². The highest BCUT2D eigenvalue weighted by Crippen LogP contribution is 2.43. The van der Waals surface area contributed by atoms with Crippen molar-refractivity contribution in [1.29, 1.82) is 0 Å². The number of nitrogens with zero attached hydrogens (tertiary/aromatic N) is 1. The molecule has 0 aromatic carbocycles. The van der Waals surface area contributed by atoms with Crippen LogP contribution in [0.4, 0.5) is 18.0 Å². The minimum absolute atomic E-state index is 0.0453. The van der Waals surface area contributed by atoms with Gasteiger partial charge < -0.3 is 20.1 Å². The summed E-state index contributed by atoms with van der Waals surface area (Å²) < 4.78 is 43.6. The summed E-state index contributed by atoms with van der Waals surface area (Å²) in [5, 5.41) is 13.2. The van der Waals surface area contributed by atoms with Crippen LogP contribution in [0.15, 0.2) is 0 Å². The van der Waals surface area contributed by atoms with Crippen molar-refractivity contribution in [2.75, 3.05) is 6.54 Å². The Morgan fingerprint density at radius 2 is 1.86 bits per heavy atom. The number of alkyl carbamates (subject to hydrolysis) is 1. The smallest absolute Gasteiger partial charge is 0.407 e. The highest BCUT2D eigenvalue weighted by molar-refractivity contribution is 5.77. The van der Waals surface area contributed by atoms with E-state index in [0.29, 0.717) is 12.8 Å². The third-order valence-corrected chi connectivity index (χ3v) is 5.49. The summed E-state index contributed by atoms with van der Waals surface area (Å²) in [5.74, 6) is -1.27. The fourth-order valence-electron chi connectivity index (χ4n) is 4.71. The summed E-state index contributed by atoms with van der Waals surface area (Å²) in [6.45, 7) is 8.86. The molecular weight excluding hydrogens is 377 g/mol. The molecule has 2 aliphatic rings. The topological polar surface area (TPSA) is 78.9 Å². The van der Waals surface area contributed by atoms with Gasteiger partial charge in [0.2, 0.25) is 5.91 Å². The third kappa shape index (κ3) is 5.75. The van der Waals surface area contributed by atoms with Crippen molar-refractivity contribution >= 4 is 12.0 Å². The molecule has 0 aromatic heterocycles. The Kier molecular flexibility index (Phi) is 6.57. The Morgan fingerprint density at radius 1 is 1.25 bits per heavy atom. The van der Waals surface area contributed by atoms with Crippen LogP contribution in [0.1, 0.15) is 53.9 Å². The number of likely N-dealkylation sites (tertiary alicyclic amines) is 1. The van der Waals surface area contributed by atoms with Crippen LogP contribution in [0.25, 0.3) is 0 Å². The molecule has 0 aromatic rings. The normalized spacial score (nSPS) is 31.9. The summed E-state index contributed by atoms with van der Waals surface area (Å²) in [4.78, 5) is 25.8. The third-order valence-electron chi connectivity index (χ3n) is 5.49. The Bertz CT molecular complexity index is 589. The van der Waals surface area contributed by atoms with Crippen LogP contribution in [0, 0.1) is 17.8 Å². The highest BCUT2D eigenvalue weighted by Gasteiger charge is 2.50. The van der Waals surface area contributed by atoms with Crippen molar-refractivity contribution in [3.05, 3.63) is 0 Å². The average Bonchev–Trinajstić information content (AvgIpc) is 2.46. The lowest BCUT2D eigenvalue weighted by Crippen LogP contribution is -2.65. The lowest BCUT2D eigenvalue weighted by molar-refractivity contribution is -0.171. The SMILES string of the molecule is CC(O)C1[C@H]2CC(CC(C)C2NC(=O)OC(C)(C)C)CN1C(=O)CC(F)(F)F. The fraction of sp³-hybridized carbons (Fsp3) is 0.895. The zero-order valence-corrected chi connectivity index (χ0v) is 17.0. The predicted molar refractivity (Wildman–Crippen MR) is 96.4 cm³/mol. The molecule has 6 nitrogen and oxygen atoms in total. The predicted octanol–water partition coefficient (Wildman–Crippen LogP) is 3.09. The van der Waals surface area contributed by atoms with Gasteiger partial charge in [-0.1, -0.05) is 6.92 Å². The van der Waals surface area contributed by atoms with E-state index in [1.54, 1.807) is 20.8 Å². The summed E-state index contributed by atoms with van der Waals surface area (Å²) in [6, 6.07) is -1.18. The number of hydrogen-bond acceptors (Lipinski definition) is 4. The standard InChI is InChI=1S/C19H31F3N2O4/c1-10-6-12-7-13(15(10)23-17(27)28-18(3,4)5)16(11(2)25)24(9-12)14(26)8-19(20,21)22/h10-13,15-16,25H,6-9H2,1-5H3,(H,23,27)/t10?,11?,12?,13-,15?,16?/m0/s1. The van der Waals surface area contributed by atoms with E-state index in [0.717, 1.165) is 0 Å². The number of aliphatic hydroxyl groups is 1. The molecule has 6 atom stereocenters. The molecule has 2 N–H and O–H groups in total. The quantitative estimate of drug-likeness (QED) is 0.752. The number of aliphatic hydroxyl groups excluding tert-OH is 1. The monoisotopic (exact) mass is 408 g/mol. The first-order chi connectivity index (χ1) is 12.7. The first-order valence-corrected chi connectivity index (χ1v) is 9.71. The lowest BCUT2D eigenvalue weighted by atomic mass is 9.65. The molecule has 162 valence electrons. The molecule has 2 rings (SSSR count). The van der Waals surface area contributed by atoms with Crippen molar-refractivity contribution < 1.29 is 32.6 Å². The average molecular weight is 408 g/mol. The number of fused-ring (bicyclic) bond motifs is 2. The Balaban J connectivity index is 2.24. The molecule has 28 heavy (non-hydrogen) atoms. The molecule has 9 heteroatoms. The molecule has 1 aliphatic carbocycles. The molecule has 1 saturated carbocycles. The van der Waals surface area contributed by atoms with Crippen molar-refractivity contribution in [2.24, 2.45) is 17.8 Å². The second kappa shape index (κ2) is 8.08. The summed E-state index contributed by atoms with van der Waals surface area (Å²) in [5.41, 5.74) is -0.685. The second-order valence-electron chi connectivity index (χ2n) is 9.22. The molecule has 2 fully saturated rings. The summed E-state index contributed by atoms with van der Waals surface area (Å²) in [7, 11) is 0. The second-order valence-corrected chi connectivity index (χ2v) is 9.22. The number of alkyl halides is 3. The number of amides is 2. The van der Waals surface area contributed by atoms with Crippen LogP contribution < -0.4 is 5.32 Å². The molecule has 2 amide bonds. The van der Waals surface area contributed by atoms with Crippen LogP contribution in [0.3, 0.4) is 0 Å². The zero-order chi connectivity index (χ0) is 21.4. The van der Waals surface area contributed by atoms with Gasteiger partial charge in [-0.05, 0) is 52.4 Å². The van der Waals surface area contributed by atoms with Crippen LogP contribution in [-0.4, -0.2) is 58.5 Å². The number of carbonyl (C=O) groups excluding carboxylic acids is 2. The van der Waals surface area contributed by atoms with Crippen LogP contribution in [0.5, 0.6) is 0 Å². The first kappa shape index (κ1) is 22.8. The van der Waals surface area contributed by atoms with Crippen LogP contribution in [0.2, 0.25) is 0 Å². The number of carbonyl (C=O) groups is 2. The molecule has 2 bridgehead atoms. The maximum absolute atomic E-state index is 12.8. The van der Waals surface area contributed by atoms with Gasteiger partial charge in [0, 0.05) is 18.5 Å². The van der Waals surface area contributed by atoms with E-state index in [-0.39, 0.29) is 24.3 Å². The Hall–Kier alpha value is -1.51. The Labute approximate surface area is 163 Å². The van der Waals surface area contributed by atoms with Crippen LogP contribution in [-0.2, 0) is 9.53 Å². The van der Waals surface area contributed by atoms with Gasteiger partial charge in [-0.3, -0.25) is 4.79 Å². The van der Waals surface area contributed by atoms with Crippen LogP contribution >= 0.6 is 0 Å². The van der Waals surface area contributed by atoms with Gasteiger partial charge in [0.15, 0.2) is 0 Å². The maximum atomic E-state index is 12.8. The maximum Gasteiger partial charge on any atom is 0.407 e. The largest absolute Gasteiger partial charge is 0.444 e. The first-order valence-electron chi connectivity index (χ1n) is 9.71. The summed E-state index contributed by atoms with van der Waals surface area (Å²) in [6.07, 6.45) is -6.46. The zero-order valence-electron chi connectivity index (χ0n) is 17.0. The van der Waals surface area contributed by atoms with E-state index in [1.807, 2.05) is 6.92 Å². The number of hydrogen-bond donors (Lipinski definition) is 2. The molecule has 1 saturated heterocycles. The molecule has 1 aliphatic heterocycles. The van der Waals surface area contributed by atoms with E-state index < -0.39 is 48.4 Å².